The summed E-state index contributed by atoms with van der Waals surface area (Å²) in [5, 5.41) is 3.52. The molecule has 1 aliphatic rings. The summed E-state index contributed by atoms with van der Waals surface area (Å²) >= 11 is 1.93. The van der Waals surface area contributed by atoms with Gasteiger partial charge >= 0.3 is 0 Å². The molecule has 0 fully saturated rings. The fraction of sp³-hybridized carbons (Fsp3) is 0.600. The number of fused-ring (bicyclic) bond motifs is 1. The van der Waals surface area contributed by atoms with Crippen molar-refractivity contribution in [1.82, 2.24) is 5.32 Å². The molecule has 2 nitrogen and oxygen atoms in total. The van der Waals surface area contributed by atoms with E-state index in [4.69, 9.17) is 4.74 Å². The summed E-state index contributed by atoms with van der Waals surface area (Å²) in [5.41, 5.74) is 2.83. The number of benzene rings is 1. The topological polar surface area (TPSA) is 21.3 Å². The monoisotopic (exact) mass is 265 g/mol. The lowest BCUT2D eigenvalue weighted by Gasteiger charge is -2.26. The molecular formula is C15H23NOS. The molecule has 1 N–H and O–H groups in total. The first kappa shape index (κ1) is 13.9. The van der Waals surface area contributed by atoms with Crippen LogP contribution in [0.3, 0.4) is 0 Å². The quantitative estimate of drug-likeness (QED) is 0.766. The number of nitrogens with one attached hydrogen (secondary N) is 1. The molecule has 1 atom stereocenters. The van der Waals surface area contributed by atoms with Crippen molar-refractivity contribution in [3.05, 3.63) is 35.4 Å². The molecule has 3 heteroatoms. The lowest BCUT2D eigenvalue weighted by Crippen LogP contribution is -2.28. The van der Waals surface area contributed by atoms with E-state index in [-0.39, 0.29) is 6.10 Å². The van der Waals surface area contributed by atoms with Gasteiger partial charge in [-0.1, -0.05) is 24.3 Å². The molecule has 100 valence electrons. The Morgan fingerprint density at radius 3 is 3.11 bits per heavy atom. The molecule has 1 aliphatic heterocycles. The molecule has 1 aromatic rings. The van der Waals surface area contributed by atoms with Gasteiger partial charge in [0, 0.05) is 6.54 Å². The first-order valence-electron chi connectivity index (χ1n) is 6.81. The average Bonchev–Trinajstić information content (AvgIpc) is 2.43. The highest BCUT2D eigenvalue weighted by molar-refractivity contribution is 7.98. The summed E-state index contributed by atoms with van der Waals surface area (Å²) < 4.78 is 5.87. The zero-order chi connectivity index (χ0) is 12.6. The number of ether oxygens (including phenoxy) is 1. The van der Waals surface area contributed by atoms with Crippen molar-refractivity contribution >= 4 is 11.8 Å². The van der Waals surface area contributed by atoms with E-state index in [2.05, 4.69) is 35.8 Å². The normalized spacial score (nSPS) is 18.6. The summed E-state index contributed by atoms with van der Waals surface area (Å²) in [4.78, 5) is 0. The van der Waals surface area contributed by atoms with Gasteiger partial charge < -0.3 is 10.1 Å². The van der Waals surface area contributed by atoms with Crippen LogP contribution in [0.5, 0.6) is 0 Å². The highest BCUT2D eigenvalue weighted by Crippen LogP contribution is 2.26. The van der Waals surface area contributed by atoms with Gasteiger partial charge in [-0.3, -0.25) is 0 Å². The van der Waals surface area contributed by atoms with E-state index in [1.807, 2.05) is 11.8 Å². The predicted octanol–water partition coefficient (Wildman–Crippen LogP) is 3.03. The second-order valence-corrected chi connectivity index (χ2v) is 5.70. The molecule has 0 amide bonds. The lowest BCUT2D eigenvalue weighted by molar-refractivity contribution is 0.0426. The molecular weight excluding hydrogens is 242 g/mol. The van der Waals surface area contributed by atoms with Gasteiger partial charge in [-0.25, -0.2) is 0 Å². The fourth-order valence-corrected chi connectivity index (χ4v) is 2.87. The van der Waals surface area contributed by atoms with Crippen LogP contribution in [-0.4, -0.2) is 31.7 Å². The minimum Gasteiger partial charge on any atom is -0.372 e. The Kier molecular flexibility index (Phi) is 6.05. The van der Waals surface area contributed by atoms with Crippen molar-refractivity contribution in [1.29, 1.82) is 0 Å². The van der Waals surface area contributed by atoms with Gasteiger partial charge in [0.1, 0.15) is 0 Å². The molecule has 0 aliphatic carbocycles. The molecule has 1 heterocycles. The van der Waals surface area contributed by atoms with Crippen LogP contribution in [0.25, 0.3) is 0 Å². The van der Waals surface area contributed by atoms with Crippen LogP contribution < -0.4 is 5.32 Å². The molecule has 0 saturated heterocycles. The Hall–Kier alpha value is -0.510. The van der Waals surface area contributed by atoms with Gasteiger partial charge in [0.15, 0.2) is 0 Å². The van der Waals surface area contributed by atoms with E-state index in [0.717, 1.165) is 26.1 Å². The molecule has 0 saturated carbocycles. The number of hydrogen-bond acceptors (Lipinski definition) is 3. The number of rotatable bonds is 7. The number of hydrogen-bond donors (Lipinski definition) is 1. The molecule has 1 aromatic carbocycles. The van der Waals surface area contributed by atoms with Gasteiger partial charge in [-0.15, -0.1) is 0 Å². The van der Waals surface area contributed by atoms with Crippen LogP contribution in [0.1, 0.15) is 30.1 Å². The lowest BCUT2D eigenvalue weighted by atomic mass is 9.97. The summed E-state index contributed by atoms with van der Waals surface area (Å²) in [5.74, 6) is 1.27. The van der Waals surface area contributed by atoms with Gasteiger partial charge in [-0.05, 0) is 48.9 Å². The smallest absolute Gasteiger partial charge is 0.0952 e. The summed E-state index contributed by atoms with van der Waals surface area (Å²) in [6, 6.07) is 8.66. The Morgan fingerprint density at radius 2 is 2.22 bits per heavy atom. The first-order chi connectivity index (χ1) is 8.92. The van der Waals surface area contributed by atoms with E-state index in [9.17, 15) is 0 Å². The SMILES string of the molecule is CSCCCCNCC1OCCc2ccccc21. The van der Waals surface area contributed by atoms with Gasteiger partial charge in [0.05, 0.1) is 12.7 Å². The van der Waals surface area contributed by atoms with Crippen LogP contribution in [0.2, 0.25) is 0 Å². The third kappa shape index (κ3) is 4.01. The van der Waals surface area contributed by atoms with E-state index in [1.54, 1.807) is 0 Å². The van der Waals surface area contributed by atoms with Gasteiger partial charge in [0.25, 0.3) is 0 Å². The van der Waals surface area contributed by atoms with Crippen molar-refractivity contribution in [2.45, 2.75) is 25.4 Å². The van der Waals surface area contributed by atoms with Gasteiger partial charge in [-0.2, -0.15) is 11.8 Å². The molecule has 0 aromatic heterocycles. The van der Waals surface area contributed by atoms with Crippen molar-refractivity contribution < 1.29 is 4.74 Å². The van der Waals surface area contributed by atoms with Crippen LogP contribution in [0, 0.1) is 0 Å². The first-order valence-corrected chi connectivity index (χ1v) is 8.20. The van der Waals surface area contributed by atoms with Crippen LogP contribution in [0.4, 0.5) is 0 Å². The van der Waals surface area contributed by atoms with E-state index in [1.165, 1.54) is 29.7 Å². The summed E-state index contributed by atoms with van der Waals surface area (Å²) in [7, 11) is 0. The fourth-order valence-electron chi connectivity index (χ4n) is 2.38. The predicted molar refractivity (Wildman–Crippen MR) is 79.3 cm³/mol. The Labute approximate surface area is 114 Å². The second kappa shape index (κ2) is 7.82. The molecule has 0 radical (unpaired) electrons. The molecule has 1 unspecified atom stereocenters. The summed E-state index contributed by atoms with van der Waals surface area (Å²) in [6.07, 6.45) is 6.03. The molecule has 0 spiro atoms. The zero-order valence-corrected chi connectivity index (χ0v) is 12.0. The minimum absolute atomic E-state index is 0.246. The van der Waals surface area contributed by atoms with E-state index in [0.29, 0.717) is 0 Å². The van der Waals surface area contributed by atoms with E-state index >= 15 is 0 Å². The largest absolute Gasteiger partial charge is 0.372 e. The molecule has 0 bridgehead atoms. The highest BCUT2D eigenvalue weighted by Gasteiger charge is 2.19. The van der Waals surface area contributed by atoms with Crippen molar-refractivity contribution in [2.24, 2.45) is 0 Å². The Morgan fingerprint density at radius 1 is 1.33 bits per heavy atom. The molecule has 2 rings (SSSR count). The Bertz CT molecular complexity index is 356. The number of thioether (sulfide) groups is 1. The number of unbranched alkanes of at least 4 members (excludes halogenated alkanes) is 1. The minimum atomic E-state index is 0.246. The zero-order valence-electron chi connectivity index (χ0n) is 11.2. The third-order valence-corrected chi connectivity index (χ3v) is 4.07. The standard InChI is InChI=1S/C15H23NOS/c1-18-11-5-4-9-16-12-15-14-7-3-2-6-13(14)8-10-17-15/h2-3,6-7,15-16H,4-5,8-12H2,1H3. The maximum atomic E-state index is 5.87. The molecule has 18 heavy (non-hydrogen) atoms. The highest BCUT2D eigenvalue weighted by atomic mass is 32.2. The Balaban J connectivity index is 1.74. The average molecular weight is 265 g/mol. The second-order valence-electron chi connectivity index (χ2n) is 4.71. The van der Waals surface area contributed by atoms with Gasteiger partial charge in [0.2, 0.25) is 0 Å². The third-order valence-electron chi connectivity index (χ3n) is 3.37. The maximum Gasteiger partial charge on any atom is 0.0952 e. The van der Waals surface area contributed by atoms with Crippen LogP contribution >= 0.6 is 11.8 Å². The van der Waals surface area contributed by atoms with Crippen molar-refractivity contribution in [2.75, 3.05) is 31.7 Å². The van der Waals surface area contributed by atoms with Crippen molar-refractivity contribution in [3.63, 3.8) is 0 Å². The van der Waals surface area contributed by atoms with E-state index < -0.39 is 0 Å². The van der Waals surface area contributed by atoms with Crippen LogP contribution in [0.15, 0.2) is 24.3 Å². The maximum absolute atomic E-state index is 5.87. The van der Waals surface area contributed by atoms with Crippen LogP contribution in [-0.2, 0) is 11.2 Å². The summed E-state index contributed by atoms with van der Waals surface area (Å²) in [6.45, 7) is 2.90. The van der Waals surface area contributed by atoms with Crippen molar-refractivity contribution in [3.8, 4) is 0 Å².